The lowest BCUT2D eigenvalue weighted by atomic mass is 10.1. The molecule has 0 bridgehead atoms. The van der Waals surface area contributed by atoms with Crippen molar-refractivity contribution < 1.29 is 5.11 Å². The zero-order valence-electron chi connectivity index (χ0n) is 12.0. The van der Waals surface area contributed by atoms with Crippen LogP contribution >= 0.6 is 11.8 Å². The van der Waals surface area contributed by atoms with E-state index in [1.807, 2.05) is 36.8 Å². The van der Waals surface area contributed by atoms with Crippen LogP contribution in [0.5, 0.6) is 5.75 Å². The number of aromatic nitrogens is 2. The van der Waals surface area contributed by atoms with E-state index >= 15 is 0 Å². The summed E-state index contributed by atoms with van der Waals surface area (Å²) in [7, 11) is 0. The number of benzene rings is 2. The lowest BCUT2D eigenvalue weighted by Gasteiger charge is -2.09. The molecule has 1 heterocycles. The van der Waals surface area contributed by atoms with Crippen LogP contribution in [0.1, 0.15) is 19.0 Å². The minimum Gasteiger partial charge on any atom is -0.507 e. The first-order valence-electron chi connectivity index (χ1n) is 7.12. The maximum absolute atomic E-state index is 9.94. The van der Waals surface area contributed by atoms with Crippen molar-refractivity contribution in [2.45, 2.75) is 30.5 Å². The normalized spacial score (nSPS) is 11.1. The third-order valence-electron chi connectivity index (χ3n) is 3.50. The topological polar surface area (TPSA) is 38.0 Å². The molecule has 0 aliphatic heterocycles. The Morgan fingerprint density at radius 2 is 1.95 bits per heavy atom. The van der Waals surface area contributed by atoms with E-state index in [1.54, 1.807) is 17.8 Å². The Morgan fingerprint density at radius 1 is 1.14 bits per heavy atom. The predicted octanol–water partition coefficient (Wildman–Crippen LogP) is 4.44. The van der Waals surface area contributed by atoms with Crippen LogP contribution in [0.3, 0.4) is 0 Å². The fourth-order valence-electron chi connectivity index (χ4n) is 2.44. The quantitative estimate of drug-likeness (QED) is 0.707. The molecule has 0 aliphatic rings. The highest BCUT2D eigenvalue weighted by atomic mass is 32.2. The van der Waals surface area contributed by atoms with E-state index in [0.29, 0.717) is 5.75 Å². The van der Waals surface area contributed by atoms with Gasteiger partial charge in [-0.25, -0.2) is 4.98 Å². The maximum Gasteiger partial charge on any atom is 0.123 e. The number of fused-ring (bicyclic) bond motifs is 1. The average Bonchev–Trinajstić information content (AvgIpc) is 2.95. The first kappa shape index (κ1) is 14.0. The fourth-order valence-corrected chi connectivity index (χ4v) is 3.49. The minimum absolute atomic E-state index is 0.339. The second-order valence-corrected chi connectivity index (χ2v) is 6.01. The van der Waals surface area contributed by atoms with Crippen LogP contribution in [-0.4, -0.2) is 14.7 Å². The van der Waals surface area contributed by atoms with E-state index in [-0.39, 0.29) is 0 Å². The molecule has 0 saturated carbocycles. The van der Waals surface area contributed by atoms with E-state index in [4.69, 9.17) is 0 Å². The Balaban J connectivity index is 1.85. The zero-order valence-corrected chi connectivity index (χ0v) is 12.8. The van der Waals surface area contributed by atoms with Gasteiger partial charge in [-0.15, -0.1) is 11.8 Å². The van der Waals surface area contributed by atoms with Gasteiger partial charge in [-0.1, -0.05) is 31.2 Å². The molecule has 3 rings (SSSR count). The van der Waals surface area contributed by atoms with Crippen molar-refractivity contribution in [1.82, 2.24) is 9.55 Å². The smallest absolute Gasteiger partial charge is 0.123 e. The van der Waals surface area contributed by atoms with Gasteiger partial charge >= 0.3 is 0 Å². The summed E-state index contributed by atoms with van der Waals surface area (Å²) in [5, 5.41) is 11.9. The van der Waals surface area contributed by atoms with Crippen molar-refractivity contribution in [2.75, 3.05) is 0 Å². The van der Waals surface area contributed by atoms with Gasteiger partial charge in [-0.3, -0.25) is 0 Å². The van der Waals surface area contributed by atoms with E-state index in [9.17, 15) is 5.11 Å². The number of hydrogen-bond donors (Lipinski definition) is 1. The number of hydrogen-bond acceptors (Lipinski definition) is 3. The van der Waals surface area contributed by atoms with E-state index < -0.39 is 0 Å². The second-order valence-electron chi connectivity index (χ2n) is 5.00. The molecule has 2 aromatic carbocycles. The average molecular weight is 298 g/mol. The summed E-state index contributed by atoms with van der Waals surface area (Å²) < 4.78 is 2.20. The van der Waals surface area contributed by atoms with Crippen LogP contribution < -0.4 is 0 Å². The first-order valence-corrected chi connectivity index (χ1v) is 8.10. The molecule has 0 atom stereocenters. The minimum atomic E-state index is 0.339. The lowest BCUT2D eigenvalue weighted by Crippen LogP contribution is -1.99. The molecule has 0 saturated heterocycles. The van der Waals surface area contributed by atoms with Crippen LogP contribution in [0.2, 0.25) is 0 Å². The van der Waals surface area contributed by atoms with E-state index in [1.165, 1.54) is 10.6 Å². The van der Waals surface area contributed by atoms with E-state index in [0.717, 1.165) is 29.5 Å². The second kappa shape index (κ2) is 6.22. The lowest BCUT2D eigenvalue weighted by molar-refractivity contribution is 0.481. The Hall–Kier alpha value is -1.94. The molecule has 0 amide bonds. The highest BCUT2D eigenvalue weighted by Crippen LogP contribution is 2.34. The Labute approximate surface area is 128 Å². The Kier molecular flexibility index (Phi) is 4.15. The maximum atomic E-state index is 9.94. The standard InChI is InChI=1S/C17H18N2OS/c1-2-9-19-12-18-10-13(19)11-21-17-8-7-16(20)14-5-3-4-6-15(14)17/h3-8,10,12,20H,2,9,11H2,1H3. The van der Waals surface area contributed by atoms with Gasteiger partial charge in [0.25, 0.3) is 0 Å². The van der Waals surface area contributed by atoms with Gasteiger partial charge in [0.15, 0.2) is 0 Å². The van der Waals surface area contributed by atoms with Crippen LogP contribution in [-0.2, 0) is 12.3 Å². The number of phenolic OH excluding ortho intramolecular Hbond substituents is 1. The molecule has 3 nitrogen and oxygen atoms in total. The summed E-state index contributed by atoms with van der Waals surface area (Å²) in [6, 6.07) is 11.7. The molecule has 4 heteroatoms. The molecule has 0 aliphatic carbocycles. The number of nitrogens with zero attached hydrogens (tertiary/aromatic N) is 2. The summed E-state index contributed by atoms with van der Waals surface area (Å²) in [4.78, 5) is 5.43. The molecule has 1 aromatic heterocycles. The van der Waals surface area contributed by atoms with Crippen molar-refractivity contribution in [1.29, 1.82) is 0 Å². The molecule has 1 N–H and O–H groups in total. The van der Waals surface area contributed by atoms with Gasteiger partial charge in [-0.05, 0) is 23.9 Å². The van der Waals surface area contributed by atoms with Crippen LogP contribution in [0.4, 0.5) is 0 Å². The number of imidazole rings is 1. The summed E-state index contributed by atoms with van der Waals surface area (Å²) >= 11 is 1.78. The van der Waals surface area contributed by atoms with Gasteiger partial charge in [0, 0.05) is 34.5 Å². The summed E-state index contributed by atoms with van der Waals surface area (Å²) in [5.41, 5.74) is 1.24. The first-order chi connectivity index (χ1) is 10.3. The molecule has 21 heavy (non-hydrogen) atoms. The molecule has 0 unspecified atom stereocenters. The third-order valence-corrected chi connectivity index (χ3v) is 4.61. The molecular formula is C17H18N2OS. The van der Waals surface area contributed by atoms with Gasteiger partial charge in [0.2, 0.25) is 0 Å². The van der Waals surface area contributed by atoms with Crippen molar-refractivity contribution in [3.05, 3.63) is 54.6 Å². The Bertz CT molecular complexity index is 751. The van der Waals surface area contributed by atoms with Gasteiger partial charge in [0.05, 0.1) is 6.33 Å². The molecule has 0 spiro atoms. The van der Waals surface area contributed by atoms with Gasteiger partial charge in [-0.2, -0.15) is 0 Å². The summed E-state index contributed by atoms with van der Waals surface area (Å²) in [6.07, 6.45) is 4.94. The highest BCUT2D eigenvalue weighted by Gasteiger charge is 2.07. The van der Waals surface area contributed by atoms with Crippen molar-refractivity contribution >= 4 is 22.5 Å². The zero-order chi connectivity index (χ0) is 14.7. The third kappa shape index (κ3) is 2.90. The molecule has 0 fully saturated rings. The predicted molar refractivity (Wildman–Crippen MR) is 87.7 cm³/mol. The number of phenols is 1. The monoisotopic (exact) mass is 298 g/mol. The fraction of sp³-hybridized carbons (Fsp3) is 0.235. The van der Waals surface area contributed by atoms with Crippen LogP contribution in [0, 0.1) is 0 Å². The number of aromatic hydroxyl groups is 1. The molecule has 3 aromatic rings. The number of aryl methyl sites for hydroxylation is 1. The molecule has 0 radical (unpaired) electrons. The highest BCUT2D eigenvalue weighted by molar-refractivity contribution is 7.98. The number of rotatable bonds is 5. The molecular weight excluding hydrogens is 280 g/mol. The SMILES string of the molecule is CCCn1cncc1CSc1ccc(O)c2ccccc12. The van der Waals surface area contributed by atoms with Crippen molar-refractivity contribution in [3.63, 3.8) is 0 Å². The van der Waals surface area contributed by atoms with Crippen LogP contribution in [0.15, 0.2) is 53.8 Å². The van der Waals surface area contributed by atoms with Crippen molar-refractivity contribution in [3.8, 4) is 5.75 Å². The largest absolute Gasteiger partial charge is 0.507 e. The summed E-state index contributed by atoms with van der Waals surface area (Å²) in [5.74, 6) is 1.22. The van der Waals surface area contributed by atoms with Gasteiger partial charge < -0.3 is 9.67 Å². The molecule has 108 valence electrons. The number of thioether (sulfide) groups is 1. The van der Waals surface area contributed by atoms with Gasteiger partial charge in [0.1, 0.15) is 5.75 Å². The Morgan fingerprint density at radius 3 is 2.76 bits per heavy atom. The van der Waals surface area contributed by atoms with E-state index in [2.05, 4.69) is 22.5 Å². The van der Waals surface area contributed by atoms with Crippen molar-refractivity contribution in [2.24, 2.45) is 0 Å². The summed E-state index contributed by atoms with van der Waals surface area (Å²) in [6.45, 7) is 3.18. The van der Waals surface area contributed by atoms with Crippen LogP contribution in [0.25, 0.3) is 10.8 Å².